The molecule has 0 aliphatic heterocycles. The smallest absolute Gasteiger partial charge is 0.320 e. The van der Waals surface area contributed by atoms with Crippen molar-refractivity contribution in [3.63, 3.8) is 0 Å². The molecule has 2 aromatic rings. The number of hydrogen-bond donors (Lipinski definition) is 3. The summed E-state index contributed by atoms with van der Waals surface area (Å²) in [5.74, 6) is 0. The maximum Gasteiger partial charge on any atom is 0.320 e. The number of para-hydroxylation sites is 1. The minimum atomic E-state index is -0.868. The van der Waals surface area contributed by atoms with E-state index < -0.39 is 11.6 Å². The van der Waals surface area contributed by atoms with Crippen LogP contribution in [0.1, 0.15) is 12.5 Å². The highest BCUT2D eigenvalue weighted by Gasteiger charge is 2.27. The number of aliphatic hydroxyl groups is 1. The van der Waals surface area contributed by atoms with Crippen molar-refractivity contribution in [1.82, 2.24) is 5.32 Å². The lowest BCUT2D eigenvalue weighted by Gasteiger charge is -2.29. The first-order valence-corrected chi connectivity index (χ1v) is 6.93. The summed E-state index contributed by atoms with van der Waals surface area (Å²) in [5.41, 5.74) is 0.471. The van der Waals surface area contributed by atoms with Gasteiger partial charge in [0, 0.05) is 0 Å². The Hall–Kier alpha value is -2.04. The average molecular weight is 305 g/mol. The van der Waals surface area contributed by atoms with Crippen LogP contribution in [0.4, 0.5) is 10.5 Å². The Balaban J connectivity index is 2.12. The van der Waals surface area contributed by atoms with Gasteiger partial charge in [-0.2, -0.15) is 0 Å². The maximum atomic E-state index is 12.1. The molecule has 4 nitrogen and oxygen atoms in total. The van der Waals surface area contributed by atoms with Crippen molar-refractivity contribution in [3.8, 4) is 0 Å². The van der Waals surface area contributed by atoms with Gasteiger partial charge >= 0.3 is 6.03 Å². The summed E-state index contributed by atoms with van der Waals surface area (Å²) in [6.45, 7) is 1.54. The molecule has 0 fully saturated rings. The molecular formula is C16H17ClN2O2. The first kappa shape index (κ1) is 15.4. The number of amides is 2. The molecule has 0 radical (unpaired) electrons. The van der Waals surface area contributed by atoms with E-state index in [0.717, 1.165) is 5.56 Å². The summed E-state index contributed by atoms with van der Waals surface area (Å²) in [7, 11) is 0. The van der Waals surface area contributed by atoms with Crippen molar-refractivity contribution >= 4 is 23.3 Å². The van der Waals surface area contributed by atoms with Crippen molar-refractivity contribution in [2.75, 3.05) is 11.9 Å². The number of anilines is 1. The fraction of sp³-hybridized carbons (Fsp3) is 0.188. The monoisotopic (exact) mass is 304 g/mol. The van der Waals surface area contributed by atoms with Gasteiger partial charge in [0.1, 0.15) is 0 Å². The van der Waals surface area contributed by atoms with Gasteiger partial charge in [-0.05, 0) is 24.6 Å². The Morgan fingerprint density at radius 1 is 1.14 bits per heavy atom. The SMILES string of the molecule is CC(CO)(NC(=O)Nc1ccccc1Cl)c1ccccc1. The van der Waals surface area contributed by atoms with Crippen LogP contribution >= 0.6 is 11.6 Å². The number of aliphatic hydroxyl groups excluding tert-OH is 1. The van der Waals surface area contributed by atoms with E-state index in [4.69, 9.17) is 11.6 Å². The number of benzene rings is 2. The van der Waals surface area contributed by atoms with Gasteiger partial charge in [-0.15, -0.1) is 0 Å². The molecule has 2 aromatic carbocycles. The van der Waals surface area contributed by atoms with E-state index in [-0.39, 0.29) is 6.61 Å². The largest absolute Gasteiger partial charge is 0.394 e. The molecule has 0 heterocycles. The highest BCUT2D eigenvalue weighted by atomic mass is 35.5. The van der Waals surface area contributed by atoms with E-state index in [1.165, 1.54) is 0 Å². The lowest BCUT2D eigenvalue weighted by atomic mass is 9.93. The van der Waals surface area contributed by atoms with Crippen LogP contribution in [0, 0.1) is 0 Å². The van der Waals surface area contributed by atoms with Crippen molar-refractivity contribution in [2.24, 2.45) is 0 Å². The predicted molar refractivity (Wildman–Crippen MR) is 84.5 cm³/mol. The van der Waals surface area contributed by atoms with Crippen LogP contribution in [0.25, 0.3) is 0 Å². The highest BCUT2D eigenvalue weighted by Crippen LogP contribution is 2.22. The van der Waals surface area contributed by atoms with Gasteiger partial charge in [0.25, 0.3) is 0 Å². The standard InChI is InChI=1S/C16H17ClN2O2/c1-16(11-20,12-7-3-2-4-8-12)19-15(21)18-14-10-6-5-9-13(14)17/h2-10,20H,11H2,1H3,(H2,18,19,21). The normalized spacial score (nSPS) is 13.3. The number of carbonyl (C=O) groups excluding carboxylic acids is 1. The molecule has 110 valence electrons. The van der Waals surface area contributed by atoms with Gasteiger partial charge < -0.3 is 15.7 Å². The van der Waals surface area contributed by atoms with Crippen LogP contribution in [0.15, 0.2) is 54.6 Å². The first-order chi connectivity index (χ1) is 10.0. The van der Waals surface area contributed by atoms with E-state index in [9.17, 15) is 9.90 Å². The fourth-order valence-corrected chi connectivity index (χ4v) is 2.16. The Kier molecular flexibility index (Phi) is 4.83. The second kappa shape index (κ2) is 6.61. The summed E-state index contributed by atoms with van der Waals surface area (Å²) >= 11 is 6.00. The Morgan fingerprint density at radius 2 is 1.76 bits per heavy atom. The lowest BCUT2D eigenvalue weighted by molar-refractivity contribution is 0.176. The van der Waals surface area contributed by atoms with E-state index in [0.29, 0.717) is 10.7 Å². The molecule has 0 bridgehead atoms. The van der Waals surface area contributed by atoms with Crippen molar-refractivity contribution in [3.05, 3.63) is 65.2 Å². The molecule has 0 aromatic heterocycles. The number of nitrogens with one attached hydrogen (secondary N) is 2. The second-order valence-corrected chi connectivity index (χ2v) is 5.32. The van der Waals surface area contributed by atoms with Crippen LogP contribution < -0.4 is 10.6 Å². The van der Waals surface area contributed by atoms with Gasteiger partial charge in [-0.25, -0.2) is 4.79 Å². The van der Waals surface area contributed by atoms with E-state index >= 15 is 0 Å². The zero-order chi connectivity index (χ0) is 15.3. The van der Waals surface area contributed by atoms with Crippen LogP contribution in [-0.4, -0.2) is 17.7 Å². The molecule has 2 amide bonds. The third-order valence-electron chi connectivity index (χ3n) is 3.24. The third kappa shape index (κ3) is 3.74. The zero-order valence-electron chi connectivity index (χ0n) is 11.6. The van der Waals surface area contributed by atoms with Crippen LogP contribution in [-0.2, 0) is 5.54 Å². The molecule has 0 saturated heterocycles. The first-order valence-electron chi connectivity index (χ1n) is 6.55. The van der Waals surface area contributed by atoms with Gasteiger partial charge in [-0.3, -0.25) is 0 Å². The Labute approximate surface area is 128 Å². The summed E-state index contributed by atoms with van der Waals surface area (Å²) in [6.07, 6.45) is 0. The van der Waals surface area contributed by atoms with Crippen LogP contribution in [0.5, 0.6) is 0 Å². The summed E-state index contributed by atoms with van der Waals surface area (Å²) in [4.78, 5) is 12.1. The van der Waals surface area contributed by atoms with Crippen molar-refractivity contribution < 1.29 is 9.90 Å². The molecule has 0 aliphatic rings. The summed E-state index contributed by atoms with van der Waals surface area (Å²) < 4.78 is 0. The van der Waals surface area contributed by atoms with E-state index in [2.05, 4.69) is 10.6 Å². The Bertz CT molecular complexity index is 619. The maximum absolute atomic E-state index is 12.1. The lowest BCUT2D eigenvalue weighted by Crippen LogP contribution is -2.48. The molecule has 0 saturated carbocycles. The van der Waals surface area contributed by atoms with Crippen LogP contribution in [0.2, 0.25) is 5.02 Å². The molecule has 1 atom stereocenters. The Morgan fingerprint density at radius 3 is 2.38 bits per heavy atom. The predicted octanol–water partition coefficient (Wildman–Crippen LogP) is 3.37. The number of carbonyl (C=O) groups is 1. The second-order valence-electron chi connectivity index (χ2n) is 4.92. The average Bonchev–Trinajstić information content (AvgIpc) is 2.50. The minimum Gasteiger partial charge on any atom is -0.394 e. The van der Waals surface area contributed by atoms with Crippen molar-refractivity contribution in [2.45, 2.75) is 12.5 Å². The van der Waals surface area contributed by atoms with Gasteiger partial charge in [0.15, 0.2) is 0 Å². The molecule has 0 aliphatic carbocycles. The molecule has 2 rings (SSSR count). The fourth-order valence-electron chi connectivity index (χ4n) is 1.98. The summed E-state index contributed by atoms with van der Waals surface area (Å²) in [5, 5.41) is 15.5. The van der Waals surface area contributed by atoms with Crippen LogP contribution in [0.3, 0.4) is 0 Å². The molecular weight excluding hydrogens is 288 g/mol. The quantitative estimate of drug-likeness (QED) is 0.811. The molecule has 0 spiro atoms. The topological polar surface area (TPSA) is 61.4 Å². The number of halogens is 1. The molecule has 3 N–H and O–H groups in total. The molecule has 5 heteroatoms. The third-order valence-corrected chi connectivity index (χ3v) is 3.57. The number of hydrogen-bond acceptors (Lipinski definition) is 2. The number of rotatable bonds is 4. The molecule has 1 unspecified atom stereocenters. The van der Waals surface area contributed by atoms with E-state index in [1.807, 2.05) is 30.3 Å². The van der Waals surface area contributed by atoms with Gasteiger partial charge in [0.2, 0.25) is 0 Å². The minimum absolute atomic E-state index is 0.215. The van der Waals surface area contributed by atoms with Gasteiger partial charge in [0.05, 0.1) is 22.9 Å². The van der Waals surface area contributed by atoms with E-state index in [1.54, 1.807) is 31.2 Å². The van der Waals surface area contributed by atoms with Crippen molar-refractivity contribution in [1.29, 1.82) is 0 Å². The van der Waals surface area contributed by atoms with Gasteiger partial charge in [-0.1, -0.05) is 54.1 Å². The highest BCUT2D eigenvalue weighted by molar-refractivity contribution is 6.33. The summed E-state index contributed by atoms with van der Waals surface area (Å²) in [6, 6.07) is 15.8. The zero-order valence-corrected chi connectivity index (χ0v) is 12.4. The molecule has 21 heavy (non-hydrogen) atoms. The number of urea groups is 1.